The third-order valence-corrected chi connectivity index (χ3v) is 4.56. The lowest BCUT2D eigenvalue weighted by atomic mass is 9.83. The van der Waals surface area contributed by atoms with E-state index in [1.807, 2.05) is 0 Å². The van der Waals surface area contributed by atoms with Crippen molar-refractivity contribution in [3.8, 4) is 0 Å². The van der Waals surface area contributed by atoms with E-state index in [1.165, 1.54) is 32.4 Å². The summed E-state index contributed by atoms with van der Waals surface area (Å²) in [6.07, 6.45) is 3.94. The molecule has 19 heavy (non-hydrogen) atoms. The molecule has 0 amide bonds. The maximum atomic E-state index is 3.66. The van der Waals surface area contributed by atoms with E-state index in [4.69, 9.17) is 0 Å². The van der Waals surface area contributed by atoms with Gasteiger partial charge in [0.2, 0.25) is 0 Å². The van der Waals surface area contributed by atoms with Crippen molar-refractivity contribution < 1.29 is 0 Å². The number of likely N-dealkylation sites (N-methyl/N-ethyl adjacent to an activating group) is 1. The highest BCUT2D eigenvalue weighted by Gasteiger charge is 2.21. The SMILES string of the molecule is CN1CCN(NCC2CCCc3ccccc32)CC1. The molecule has 1 aliphatic carbocycles. The molecule has 1 fully saturated rings. The fourth-order valence-corrected chi connectivity index (χ4v) is 3.27. The molecule has 1 saturated heterocycles. The molecule has 0 spiro atoms. The smallest absolute Gasteiger partial charge is 0.0259 e. The van der Waals surface area contributed by atoms with Crippen LogP contribution < -0.4 is 5.43 Å². The standard InChI is InChI=1S/C16H25N3/c1-18-9-11-19(12-10-18)17-13-15-7-4-6-14-5-2-3-8-16(14)15/h2-3,5,8,15,17H,4,6-7,9-13H2,1H3. The molecule has 1 atom stereocenters. The van der Waals surface area contributed by atoms with Crippen molar-refractivity contribution in [2.45, 2.75) is 25.2 Å². The van der Waals surface area contributed by atoms with E-state index in [2.05, 4.69) is 46.6 Å². The van der Waals surface area contributed by atoms with Crippen LogP contribution in [0, 0.1) is 0 Å². The van der Waals surface area contributed by atoms with Crippen molar-refractivity contribution in [1.29, 1.82) is 0 Å². The van der Waals surface area contributed by atoms with Crippen LogP contribution in [0.5, 0.6) is 0 Å². The Hall–Kier alpha value is -0.900. The van der Waals surface area contributed by atoms with Crippen LogP contribution in [0.2, 0.25) is 0 Å². The largest absolute Gasteiger partial charge is 0.304 e. The predicted molar refractivity (Wildman–Crippen MR) is 79.2 cm³/mol. The first-order valence-electron chi connectivity index (χ1n) is 7.58. The summed E-state index contributed by atoms with van der Waals surface area (Å²) in [5.74, 6) is 0.699. The number of hydrazine groups is 1. The number of benzene rings is 1. The minimum absolute atomic E-state index is 0.699. The van der Waals surface area contributed by atoms with Crippen molar-refractivity contribution in [3.63, 3.8) is 0 Å². The topological polar surface area (TPSA) is 18.5 Å². The lowest BCUT2D eigenvalue weighted by Crippen LogP contribution is -2.51. The quantitative estimate of drug-likeness (QED) is 0.894. The maximum absolute atomic E-state index is 3.66. The Morgan fingerprint density at radius 2 is 1.95 bits per heavy atom. The van der Waals surface area contributed by atoms with Crippen LogP contribution in [0.4, 0.5) is 0 Å². The van der Waals surface area contributed by atoms with Crippen molar-refractivity contribution in [1.82, 2.24) is 15.3 Å². The van der Waals surface area contributed by atoms with Gasteiger partial charge in [0.1, 0.15) is 0 Å². The van der Waals surface area contributed by atoms with Crippen LogP contribution >= 0.6 is 0 Å². The number of hydrogen-bond acceptors (Lipinski definition) is 3. The van der Waals surface area contributed by atoms with Gasteiger partial charge in [-0.3, -0.25) is 5.43 Å². The minimum Gasteiger partial charge on any atom is -0.304 e. The van der Waals surface area contributed by atoms with Gasteiger partial charge in [0.05, 0.1) is 0 Å². The summed E-state index contributed by atoms with van der Waals surface area (Å²) in [7, 11) is 2.20. The van der Waals surface area contributed by atoms with Gasteiger partial charge in [0, 0.05) is 32.7 Å². The molecule has 104 valence electrons. The molecular formula is C16H25N3. The highest BCUT2D eigenvalue weighted by molar-refractivity contribution is 5.32. The number of nitrogens with zero attached hydrogens (tertiary/aromatic N) is 2. The van der Waals surface area contributed by atoms with E-state index in [-0.39, 0.29) is 0 Å². The second kappa shape index (κ2) is 6.04. The second-order valence-corrected chi connectivity index (χ2v) is 5.94. The molecule has 0 saturated carbocycles. The average molecular weight is 259 g/mol. The summed E-state index contributed by atoms with van der Waals surface area (Å²) >= 11 is 0. The summed E-state index contributed by atoms with van der Waals surface area (Å²) in [5, 5.41) is 2.40. The van der Waals surface area contributed by atoms with Crippen LogP contribution in [0.1, 0.15) is 29.9 Å². The zero-order valence-corrected chi connectivity index (χ0v) is 11.9. The van der Waals surface area contributed by atoms with Gasteiger partial charge >= 0.3 is 0 Å². The molecule has 3 nitrogen and oxygen atoms in total. The fourth-order valence-electron chi connectivity index (χ4n) is 3.27. The molecule has 1 aromatic carbocycles. The molecule has 3 rings (SSSR count). The van der Waals surface area contributed by atoms with Gasteiger partial charge in [0.15, 0.2) is 0 Å². The van der Waals surface area contributed by atoms with Crippen LogP contribution in [0.15, 0.2) is 24.3 Å². The number of piperazine rings is 1. The maximum Gasteiger partial charge on any atom is 0.0259 e. The van der Waals surface area contributed by atoms with E-state index >= 15 is 0 Å². The Kier molecular flexibility index (Phi) is 4.16. The first kappa shape index (κ1) is 13.1. The van der Waals surface area contributed by atoms with E-state index < -0.39 is 0 Å². The van der Waals surface area contributed by atoms with Gasteiger partial charge in [-0.05, 0) is 43.4 Å². The molecule has 0 aromatic heterocycles. The first-order chi connectivity index (χ1) is 9.33. The third-order valence-electron chi connectivity index (χ3n) is 4.56. The molecule has 1 unspecified atom stereocenters. The summed E-state index contributed by atoms with van der Waals surface area (Å²) < 4.78 is 0. The molecule has 0 radical (unpaired) electrons. The van der Waals surface area contributed by atoms with Gasteiger partial charge in [-0.15, -0.1) is 0 Å². The van der Waals surface area contributed by atoms with Gasteiger partial charge < -0.3 is 4.90 Å². The molecule has 1 aliphatic heterocycles. The Bertz CT molecular complexity index is 410. The van der Waals surface area contributed by atoms with E-state index in [0.29, 0.717) is 5.92 Å². The molecule has 0 bridgehead atoms. The van der Waals surface area contributed by atoms with E-state index in [1.54, 1.807) is 11.1 Å². The Morgan fingerprint density at radius 1 is 1.16 bits per heavy atom. The molecule has 1 heterocycles. The van der Waals surface area contributed by atoms with Crippen LogP contribution in [-0.2, 0) is 6.42 Å². The normalized spacial score (nSPS) is 25.2. The zero-order chi connectivity index (χ0) is 13.1. The fraction of sp³-hybridized carbons (Fsp3) is 0.625. The lowest BCUT2D eigenvalue weighted by Gasteiger charge is -2.34. The summed E-state index contributed by atoms with van der Waals surface area (Å²) in [6, 6.07) is 8.99. The summed E-state index contributed by atoms with van der Waals surface area (Å²) in [6.45, 7) is 5.74. The highest BCUT2D eigenvalue weighted by atomic mass is 15.5. The zero-order valence-electron chi connectivity index (χ0n) is 11.9. The van der Waals surface area contributed by atoms with Gasteiger partial charge in [-0.1, -0.05) is 24.3 Å². The van der Waals surface area contributed by atoms with Crippen molar-refractivity contribution in [3.05, 3.63) is 35.4 Å². The summed E-state index contributed by atoms with van der Waals surface area (Å²) in [5.41, 5.74) is 6.81. The van der Waals surface area contributed by atoms with Crippen molar-refractivity contribution in [2.24, 2.45) is 0 Å². The summed E-state index contributed by atoms with van der Waals surface area (Å²) in [4.78, 5) is 2.40. The number of rotatable bonds is 3. The lowest BCUT2D eigenvalue weighted by molar-refractivity contribution is 0.101. The monoisotopic (exact) mass is 259 g/mol. The number of hydrogen-bond donors (Lipinski definition) is 1. The van der Waals surface area contributed by atoms with Gasteiger partial charge in [-0.2, -0.15) is 0 Å². The number of aryl methyl sites for hydroxylation is 1. The van der Waals surface area contributed by atoms with Crippen LogP contribution in [0.3, 0.4) is 0 Å². The molecule has 2 aliphatic rings. The molecule has 1 N–H and O–H groups in total. The van der Waals surface area contributed by atoms with E-state index in [9.17, 15) is 0 Å². The van der Waals surface area contributed by atoms with Crippen LogP contribution in [0.25, 0.3) is 0 Å². The molecule has 1 aromatic rings. The Balaban J connectivity index is 1.56. The average Bonchev–Trinajstić information content (AvgIpc) is 2.47. The number of fused-ring (bicyclic) bond motifs is 1. The second-order valence-electron chi connectivity index (χ2n) is 5.94. The van der Waals surface area contributed by atoms with Crippen LogP contribution in [-0.4, -0.2) is 49.7 Å². The minimum atomic E-state index is 0.699. The van der Waals surface area contributed by atoms with Crippen molar-refractivity contribution in [2.75, 3.05) is 39.8 Å². The van der Waals surface area contributed by atoms with Gasteiger partial charge in [-0.25, -0.2) is 5.01 Å². The molecular weight excluding hydrogens is 234 g/mol. The first-order valence-corrected chi connectivity index (χ1v) is 7.58. The van der Waals surface area contributed by atoms with E-state index in [0.717, 1.165) is 19.6 Å². The molecule has 3 heteroatoms. The van der Waals surface area contributed by atoms with Gasteiger partial charge in [0.25, 0.3) is 0 Å². The number of nitrogens with one attached hydrogen (secondary N) is 1. The Labute approximate surface area is 116 Å². The third kappa shape index (κ3) is 3.16. The predicted octanol–water partition coefficient (Wildman–Crippen LogP) is 1.86. The highest BCUT2D eigenvalue weighted by Crippen LogP contribution is 2.30. The van der Waals surface area contributed by atoms with Crippen molar-refractivity contribution >= 4 is 0 Å². The Morgan fingerprint density at radius 3 is 2.79 bits per heavy atom.